The van der Waals surface area contributed by atoms with Crippen molar-refractivity contribution in [2.75, 3.05) is 0 Å². The minimum absolute atomic E-state index is 0.0148. The van der Waals surface area contributed by atoms with Crippen LogP contribution < -0.4 is 9.62 Å². The minimum Gasteiger partial charge on any atom is -0.478 e. The summed E-state index contributed by atoms with van der Waals surface area (Å²) in [6.45, 7) is 3.55. The maximum Gasteiger partial charge on any atom is 0.344 e. The monoisotopic (exact) mass is 544 g/mol. The Morgan fingerprint density at radius 2 is 1.21 bits per heavy atom. The van der Waals surface area contributed by atoms with E-state index in [4.69, 9.17) is 14.5 Å². The first kappa shape index (κ1) is 27.4. The Kier molecular flexibility index (Phi) is 8.65. The number of aromatic carboxylic acids is 2. The molecular weight excluding hydrogens is 520 g/mol. The molecule has 4 rings (SSSR count). The number of benzene rings is 4. The first-order chi connectivity index (χ1) is 18.7. The third-order valence-electron chi connectivity index (χ3n) is 5.58. The van der Waals surface area contributed by atoms with Gasteiger partial charge in [0.1, 0.15) is 12.4 Å². The highest BCUT2D eigenvalue weighted by molar-refractivity contribution is 7.99. The molecule has 0 atom stereocenters. The van der Waals surface area contributed by atoms with Crippen molar-refractivity contribution in [1.29, 1.82) is 0 Å². The number of carbonyl (C=O) groups excluding carboxylic acids is 1. The largest absolute Gasteiger partial charge is 0.478 e. The molecule has 0 aliphatic heterocycles. The summed E-state index contributed by atoms with van der Waals surface area (Å²) in [6.07, 6.45) is 0. The molecule has 2 N–H and O–H groups in total. The van der Waals surface area contributed by atoms with E-state index in [2.05, 4.69) is 0 Å². The predicted molar refractivity (Wildman–Crippen MR) is 144 cm³/mol. The van der Waals surface area contributed by atoms with Crippen LogP contribution in [0.25, 0.3) is 0 Å². The average molecular weight is 545 g/mol. The Hall–Kier alpha value is -4.60. The number of hydrogen-bond acceptors (Lipinski definition) is 7. The molecule has 0 saturated heterocycles. The smallest absolute Gasteiger partial charge is 0.344 e. The number of hydrogen-bond donors (Lipinski definition) is 2. The van der Waals surface area contributed by atoms with Gasteiger partial charge in [-0.2, -0.15) is 4.89 Å². The van der Waals surface area contributed by atoms with E-state index in [0.717, 1.165) is 20.9 Å². The molecule has 9 heteroatoms. The van der Waals surface area contributed by atoms with E-state index in [1.807, 2.05) is 25.1 Å². The lowest BCUT2D eigenvalue weighted by atomic mass is 10.0. The second-order valence-corrected chi connectivity index (χ2v) is 9.75. The Labute approximate surface area is 228 Å². The van der Waals surface area contributed by atoms with Gasteiger partial charge in [0.2, 0.25) is 0 Å². The van der Waals surface area contributed by atoms with E-state index in [0.29, 0.717) is 17.1 Å². The molecule has 198 valence electrons. The highest BCUT2D eigenvalue weighted by atomic mass is 32.2. The quantitative estimate of drug-likeness (QED) is 0.0987. The molecule has 0 bridgehead atoms. The zero-order valence-electron chi connectivity index (χ0n) is 21.0. The molecular formula is C30H24O8S. The molecule has 0 unspecified atom stereocenters. The van der Waals surface area contributed by atoms with Gasteiger partial charge < -0.3 is 19.8 Å². The number of carboxylic acid groups (broad SMARTS) is 2. The van der Waals surface area contributed by atoms with Crippen LogP contribution in [-0.4, -0.2) is 28.1 Å². The highest BCUT2D eigenvalue weighted by Gasteiger charge is 2.18. The Bertz CT molecular complexity index is 1510. The topological polar surface area (TPSA) is 119 Å². The number of carboxylic acids is 2. The first-order valence-electron chi connectivity index (χ1n) is 11.8. The summed E-state index contributed by atoms with van der Waals surface area (Å²) in [5.41, 5.74) is 2.14. The molecule has 4 aromatic rings. The van der Waals surface area contributed by atoms with Gasteiger partial charge in [-0.3, -0.25) is 0 Å². The predicted octanol–water partition coefficient (Wildman–Crippen LogP) is 6.58. The fraction of sp³-hybridized carbons (Fsp3) is 0.100. The van der Waals surface area contributed by atoms with Crippen LogP contribution in [0.4, 0.5) is 0 Å². The summed E-state index contributed by atoms with van der Waals surface area (Å²) in [6, 6.07) is 23.6. The van der Waals surface area contributed by atoms with Crippen molar-refractivity contribution in [2.24, 2.45) is 0 Å². The van der Waals surface area contributed by atoms with Crippen molar-refractivity contribution in [2.45, 2.75) is 30.2 Å². The maximum atomic E-state index is 12.5. The van der Waals surface area contributed by atoms with Crippen molar-refractivity contribution in [1.82, 2.24) is 0 Å². The van der Waals surface area contributed by atoms with Crippen LogP contribution in [0.15, 0.2) is 94.7 Å². The molecule has 8 nitrogen and oxygen atoms in total. The van der Waals surface area contributed by atoms with Crippen LogP contribution in [0.3, 0.4) is 0 Å². The van der Waals surface area contributed by atoms with Crippen LogP contribution in [0.1, 0.15) is 47.8 Å². The van der Waals surface area contributed by atoms with Gasteiger partial charge in [-0.15, -0.1) is 0 Å². The zero-order chi connectivity index (χ0) is 27.9. The third-order valence-corrected chi connectivity index (χ3v) is 6.60. The normalized spacial score (nSPS) is 10.6. The number of ether oxygens (including phenoxy) is 1. The SMILES string of the molecule is Cc1ccc(COOc2ccc(Sc3ccc(OC(=O)c4ccc(C)cc4C(=O)O)cc3)cc2)c(C(=O)O)c1. The number of carbonyl (C=O) groups is 3. The molecule has 0 aliphatic carbocycles. The van der Waals surface area contributed by atoms with E-state index in [9.17, 15) is 24.6 Å². The van der Waals surface area contributed by atoms with Crippen molar-refractivity contribution in [3.63, 3.8) is 0 Å². The summed E-state index contributed by atoms with van der Waals surface area (Å²) >= 11 is 1.48. The first-order valence-corrected chi connectivity index (χ1v) is 12.6. The Morgan fingerprint density at radius 3 is 1.79 bits per heavy atom. The molecule has 0 radical (unpaired) electrons. The zero-order valence-corrected chi connectivity index (χ0v) is 21.9. The van der Waals surface area contributed by atoms with Gasteiger partial charge in [-0.05, 0) is 86.1 Å². The fourth-order valence-corrected chi connectivity index (χ4v) is 4.44. The standard InChI is InChI=1S/C30H24O8S/c1-18-3-5-20(26(15-18)28(31)32)17-36-38-22-8-12-24(13-9-22)39-23-10-6-21(7-11-23)37-30(35)25-14-4-19(2)16-27(25)29(33)34/h3-16H,17H2,1-2H3,(H,31,32)(H,33,34). The van der Waals surface area contributed by atoms with Gasteiger partial charge >= 0.3 is 17.9 Å². The summed E-state index contributed by atoms with van der Waals surface area (Å²) in [7, 11) is 0. The van der Waals surface area contributed by atoms with Gasteiger partial charge in [-0.25, -0.2) is 14.4 Å². The summed E-state index contributed by atoms with van der Waals surface area (Å²) in [5, 5.41) is 18.7. The minimum atomic E-state index is -1.20. The number of rotatable bonds is 10. The molecule has 0 saturated carbocycles. The molecule has 0 aromatic heterocycles. The van der Waals surface area contributed by atoms with Crippen LogP contribution >= 0.6 is 11.8 Å². The van der Waals surface area contributed by atoms with Crippen LogP contribution in [0.5, 0.6) is 11.5 Å². The molecule has 0 amide bonds. The lowest BCUT2D eigenvalue weighted by Gasteiger charge is -2.09. The van der Waals surface area contributed by atoms with E-state index < -0.39 is 17.9 Å². The maximum absolute atomic E-state index is 12.5. The summed E-state index contributed by atoms with van der Waals surface area (Å²) in [5.74, 6) is -2.21. The third kappa shape index (κ3) is 7.25. The fourth-order valence-electron chi connectivity index (χ4n) is 3.63. The number of esters is 1. The van der Waals surface area contributed by atoms with E-state index in [1.165, 1.54) is 23.9 Å². The van der Waals surface area contributed by atoms with Crippen molar-refractivity contribution in [3.05, 3.63) is 118 Å². The van der Waals surface area contributed by atoms with Crippen molar-refractivity contribution < 1.29 is 39.1 Å². The van der Waals surface area contributed by atoms with Gasteiger partial charge in [0.05, 0.1) is 16.7 Å². The van der Waals surface area contributed by atoms with Crippen LogP contribution in [0.2, 0.25) is 0 Å². The van der Waals surface area contributed by atoms with Gasteiger partial charge in [0.25, 0.3) is 0 Å². The van der Waals surface area contributed by atoms with Crippen molar-refractivity contribution >= 4 is 29.7 Å². The molecule has 0 aliphatic rings. The molecule has 0 spiro atoms. The van der Waals surface area contributed by atoms with Gasteiger partial charge in [0.15, 0.2) is 5.75 Å². The summed E-state index contributed by atoms with van der Waals surface area (Å²) in [4.78, 5) is 47.8. The lowest BCUT2D eigenvalue weighted by molar-refractivity contribution is -0.217. The molecule has 0 heterocycles. The number of aryl methyl sites for hydroxylation is 2. The van der Waals surface area contributed by atoms with Crippen LogP contribution in [0, 0.1) is 13.8 Å². The van der Waals surface area contributed by atoms with Gasteiger partial charge in [-0.1, -0.05) is 41.1 Å². The second kappa shape index (κ2) is 12.3. The highest BCUT2D eigenvalue weighted by Crippen LogP contribution is 2.30. The average Bonchev–Trinajstić information content (AvgIpc) is 2.91. The Balaban J connectivity index is 1.31. The van der Waals surface area contributed by atoms with Crippen LogP contribution in [-0.2, 0) is 11.5 Å². The van der Waals surface area contributed by atoms with E-state index >= 15 is 0 Å². The molecule has 39 heavy (non-hydrogen) atoms. The second-order valence-electron chi connectivity index (χ2n) is 8.60. The lowest BCUT2D eigenvalue weighted by Crippen LogP contribution is -2.14. The Morgan fingerprint density at radius 1 is 0.667 bits per heavy atom. The molecule has 4 aromatic carbocycles. The summed E-state index contributed by atoms with van der Waals surface area (Å²) < 4.78 is 5.37. The van der Waals surface area contributed by atoms with E-state index in [-0.39, 0.29) is 23.3 Å². The van der Waals surface area contributed by atoms with Crippen molar-refractivity contribution in [3.8, 4) is 11.5 Å². The van der Waals surface area contributed by atoms with E-state index in [1.54, 1.807) is 61.5 Å². The molecule has 0 fully saturated rings. The van der Waals surface area contributed by atoms with Gasteiger partial charge in [0, 0.05) is 9.79 Å².